The standard InChI is InChI=1S/C21H23NO4/c1-14-5-7-15(8-6-14)11-22-12-16-3-2-4-19(20(16)21(22)24)26-18-9-10-25-13-17(18)23/h2-8,17-18,23H,9-13H2,1H3/t17-,18-/m1/s1. The number of nitrogens with zero attached hydrogens (tertiary/aromatic N) is 1. The molecule has 136 valence electrons. The van der Waals surface area contributed by atoms with Crippen molar-refractivity contribution in [1.82, 2.24) is 4.90 Å². The predicted molar refractivity (Wildman–Crippen MR) is 97.1 cm³/mol. The van der Waals surface area contributed by atoms with Gasteiger partial charge in [0.15, 0.2) is 0 Å². The summed E-state index contributed by atoms with van der Waals surface area (Å²) in [6.45, 7) is 4.04. The van der Waals surface area contributed by atoms with Crippen molar-refractivity contribution >= 4 is 5.91 Å². The van der Waals surface area contributed by atoms with Gasteiger partial charge in [-0.1, -0.05) is 42.0 Å². The summed E-state index contributed by atoms with van der Waals surface area (Å²) in [4.78, 5) is 14.8. The molecule has 0 saturated carbocycles. The third-order valence-electron chi connectivity index (χ3n) is 5.01. The highest BCUT2D eigenvalue weighted by Gasteiger charge is 2.33. The summed E-state index contributed by atoms with van der Waals surface area (Å²) in [6, 6.07) is 13.9. The van der Waals surface area contributed by atoms with Crippen molar-refractivity contribution in [3.8, 4) is 5.75 Å². The molecule has 1 saturated heterocycles. The average Bonchev–Trinajstić information content (AvgIpc) is 2.96. The molecule has 2 aliphatic heterocycles. The molecule has 0 unspecified atom stereocenters. The number of benzene rings is 2. The molecular formula is C21H23NO4. The number of rotatable bonds is 4. The van der Waals surface area contributed by atoms with Crippen LogP contribution in [-0.2, 0) is 17.8 Å². The molecule has 1 fully saturated rings. The highest BCUT2D eigenvalue weighted by atomic mass is 16.5. The number of aliphatic hydroxyl groups is 1. The summed E-state index contributed by atoms with van der Waals surface area (Å²) in [5, 5.41) is 10.1. The molecule has 5 nitrogen and oxygen atoms in total. The highest BCUT2D eigenvalue weighted by molar-refractivity contribution is 6.01. The van der Waals surface area contributed by atoms with E-state index in [9.17, 15) is 9.90 Å². The number of hydrogen-bond acceptors (Lipinski definition) is 4. The molecule has 0 bridgehead atoms. The van der Waals surface area contributed by atoms with Crippen LogP contribution in [0, 0.1) is 6.92 Å². The second-order valence-electron chi connectivity index (χ2n) is 7.02. The van der Waals surface area contributed by atoms with Crippen molar-refractivity contribution in [2.75, 3.05) is 13.2 Å². The second-order valence-corrected chi connectivity index (χ2v) is 7.02. The Hall–Kier alpha value is -2.37. The molecule has 2 aromatic carbocycles. The minimum Gasteiger partial charge on any atom is -0.487 e. The average molecular weight is 353 g/mol. The lowest BCUT2D eigenvalue weighted by molar-refractivity contribution is -0.0752. The topological polar surface area (TPSA) is 59.0 Å². The van der Waals surface area contributed by atoms with E-state index < -0.39 is 6.10 Å². The first kappa shape index (κ1) is 17.1. The monoisotopic (exact) mass is 353 g/mol. The first-order valence-corrected chi connectivity index (χ1v) is 9.01. The number of hydrogen-bond donors (Lipinski definition) is 1. The maximum atomic E-state index is 13.0. The molecule has 2 heterocycles. The summed E-state index contributed by atoms with van der Waals surface area (Å²) >= 11 is 0. The normalized spacial score (nSPS) is 22.4. The minimum absolute atomic E-state index is 0.0160. The number of amides is 1. The largest absolute Gasteiger partial charge is 0.487 e. The van der Waals surface area contributed by atoms with E-state index >= 15 is 0 Å². The van der Waals surface area contributed by atoms with Crippen LogP contribution in [0.15, 0.2) is 42.5 Å². The quantitative estimate of drug-likeness (QED) is 0.918. The number of carbonyl (C=O) groups excluding carboxylic acids is 1. The molecule has 5 heteroatoms. The minimum atomic E-state index is -0.667. The van der Waals surface area contributed by atoms with Gasteiger partial charge >= 0.3 is 0 Å². The number of carbonyl (C=O) groups is 1. The highest BCUT2D eigenvalue weighted by Crippen LogP contribution is 2.33. The zero-order valence-corrected chi connectivity index (χ0v) is 14.9. The van der Waals surface area contributed by atoms with Gasteiger partial charge in [0.05, 0.1) is 18.8 Å². The first-order chi connectivity index (χ1) is 12.6. The number of fused-ring (bicyclic) bond motifs is 1. The van der Waals surface area contributed by atoms with E-state index in [2.05, 4.69) is 31.2 Å². The van der Waals surface area contributed by atoms with Crippen molar-refractivity contribution in [2.45, 2.75) is 38.6 Å². The van der Waals surface area contributed by atoms with Gasteiger partial charge in [-0.25, -0.2) is 0 Å². The Labute approximate surface area is 153 Å². The lowest BCUT2D eigenvalue weighted by atomic mass is 10.1. The summed E-state index contributed by atoms with van der Waals surface area (Å²) in [6.07, 6.45) is -0.388. The molecule has 0 spiro atoms. The zero-order chi connectivity index (χ0) is 18.1. The van der Waals surface area contributed by atoms with E-state index in [0.717, 1.165) is 11.1 Å². The zero-order valence-electron chi connectivity index (χ0n) is 14.9. The smallest absolute Gasteiger partial charge is 0.258 e. The molecule has 0 aromatic heterocycles. The van der Waals surface area contributed by atoms with E-state index in [0.29, 0.717) is 37.4 Å². The van der Waals surface area contributed by atoms with Gasteiger partial charge in [-0.05, 0) is 24.1 Å². The predicted octanol–water partition coefficient (Wildman–Crippen LogP) is 2.68. The van der Waals surface area contributed by atoms with Gasteiger partial charge in [0.2, 0.25) is 0 Å². The third kappa shape index (κ3) is 3.32. The fraction of sp³-hybridized carbons (Fsp3) is 0.381. The van der Waals surface area contributed by atoms with Crippen LogP contribution >= 0.6 is 0 Å². The van der Waals surface area contributed by atoms with E-state index in [-0.39, 0.29) is 18.6 Å². The molecule has 0 aliphatic carbocycles. The van der Waals surface area contributed by atoms with Crippen LogP contribution < -0.4 is 4.74 Å². The Balaban J connectivity index is 1.53. The van der Waals surface area contributed by atoms with Crippen molar-refractivity contribution in [3.63, 3.8) is 0 Å². The number of ether oxygens (including phenoxy) is 2. The van der Waals surface area contributed by atoms with Gasteiger partial charge in [0, 0.05) is 19.5 Å². The fourth-order valence-corrected chi connectivity index (χ4v) is 3.53. The first-order valence-electron chi connectivity index (χ1n) is 9.01. The maximum Gasteiger partial charge on any atom is 0.258 e. The Morgan fingerprint density at radius 2 is 2.04 bits per heavy atom. The van der Waals surface area contributed by atoms with E-state index in [1.165, 1.54) is 5.56 Å². The Morgan fingerprint density at radius 1 is 1.23 bits per heavy atom. The van der Waals surface area contributed by atoms with Crippen LogP contribution in [0.2, 0.25) is 0 Å². The Kier molecular flexibility index (Phi) is 4.66. The van der Waals surface area contributed by atoms with Gasteiger partial charge < -0.3 is 19.5 Å². The number of aryl methyl sites for hydroxylation is 1. The molecule has 0 radical (unpaired) electrons. The van der Waals surface area contributed by atoms with Crippen molar-refractivity contribution in [3.05, 3.63) is 64.7 Å². The Morgan fingerprint density at radius 3 is 2.81 bits per heavy atom. The molecular weight excluding hydrogens is 330 g/mol. The summed E-state index contributed by atoms with van der Waals surface area (Å²) in [7, 11) is 0. The van der Waals surface area contributed by atoms with Crippen LogP contribution in [0.4, 0.5) is 0 Å². The van der Waals surface area contributed by atoms with E-state index in [1.54, 1.807) is 0 Å². The fourth-order valence-electron chi connectivity index (χ4n) is 3.53. The summed E-state index contributed by atoms with van der Waals surface area (Å²) < 4.78 is 11.3. The van der Waals surface area contributed by atoms with Gasteiger partial charge in [-0.3, -0.25) is 4.79 Å². The van der Waals surface area contributed by atoms with Crippen LogP contribution in [-0.4, -0.2) is 41.3 Å². The molecule has 26 heavy (non-hydrogen) atoms. The lowest BCUT2D eigenvalue weighted by Crippen LogP contribution is -2.40. The van der Waals surface area contributed by atoms with Gasteiger partial charge in [-0.2, -0.15) is 0 Å². The van der Waals surface area contributed by atoms with Crippen molar-refractivity contribution in [1.29, 1.82) is 0 Å². The molecule has 2 atom stereocenters. The molecule has 2 aliphatic rings. The second kappa shape index (κ2) is 7.09. The SMILES string of the molecule is Cc1ccc(CN2Cc3cccc(O[C@@H]4CCOC[C@H]4O)c3C2=O)cc1. The lowest BCUT2D eigenvalue weighted by Gasteiger charge is -2.28. The number of aliphatic hydroxyl groups excluding tert-OH is 1. The van der Waals surface area contributed by atoms with Gasteiger partial charge in [0.25, 0.3) is 5.91 Å². The maximum absolute atomic E-state index is 13.0. The van der Waals surface area contributed by atoms with Crippen LogP contribution in [0.25, 0.3) is 0 Å². The summed E-state index contributed by atoms with van der Waals surface area (Å²) in [5.41, 5.74) is 3.91. The van der Waals surface area contributed by atoms with Crippen LogP contribution in [0.5, 0.6) is 5.75 Å². The van der Waals surface area contributed by atoms with E-state index in [1.807, 2.05) is 23.1 Å². The summed E-state index contributed by atoms with van der Waals surface area (Å²) in [5.74, 6) is 0.544. The van der Waals surface area contributed by atoms with Crippen molar-refractivity contribution in [2.24, 2.45) is 0 Å². The Bertz CT molecular complexity index is 802. The van der Waals surface area contributed by atoms with Crippen LogP contribution in [0.3, 0.4) is 0 Å². The van der Waals surface area contributed by atoms with E-state index in [4.69, 9.17) is 9.47 Å². The third-order valence-corrected chi connectivity index (χ3v) is 5.01. The molecule has 1 amide bonds. The molecule has 4 rings (SSSR count). The van der Waals surface area contributed by atoms with Gasteiger partial charge in [-0.15, -0.1) is 0 Å². The van der Waals surface area contributed by atoms with Crippen LogP contribution in [0.1, 0.15) is 33.5 Å². The van der Waals surface area contributed by atoms with Gasteiger partial charge in [0.1, 0.15) is 18.0 Å². The van der Waals surface area contributed by atoms with Crippen molar-refractivity contribution < 1.29 is 19.4 Å². The molecule has 2 aromatic rings. The molecule has 1 N–H and O–H groups in total.